The molecular weight excluding hydrogens is 483 g/mol. The van der Waals surface area contributed by atoms with Gasteiger partial charge in [0.2, 0.25) is 0 Å². The lowest BCUT2D eigenvalue weighted by molar-refractivity contribution is 0.0491. The van der Waals surface area contributed by atoms with E-state index in [1.807, 2.05) is 27.7 Å². The number of aliphatic hydroxyl groups excluding tert-OH is 1. The van der Waals surface area contributed by atoms with Crippen molar-refractivity contribution in [3.63, 3.8) is 0 Å². The van der Waals surface area contributed by atoms with Crippen LogP contribution >= 0.6 is 24.0 Å². The van der Waals surface area contributed by atoms with Gasteiger partial charge in [0.15, 0.2) is 5.96 Å². The van der Waals surface area contributed by atoms with Crippen molar-refractivity contribution in [2.75, 3.05) is 26.2 Å². The molecule has 0 saturated carbocycles. The average Bonchev–Trinajstić information content (AvgIpc) is 2.53. The van der Waals surface area contributed by atoms with Gasteiger partial charge in [-0.15, -0.1) is 24.0 Å². The third-order valence-electron chi connectivity index (χ3n) is 4.19. The molecule has 0 aliphatic rings. The monoisotopic (exact) mass is 528 g/mol. The summed E-state index contributed by atoms with van der Waals surface area (Å²) in [6.45, 7) is 18.2. The third-order valence-corrected chi connectivity index (χ3v) is 4.19. The van der Waals surface area contributed by atoms with Gasteiger partial charge >= 0.3 is 6.09 Å². The summed E-state index contributed by atoms with van der Waals surface area (Å²) in [5.41, 5.74) is -0.520. The third kappa shape index (κ3) is 16.7. The summed E-state index contributed by atoms with van der Waals surface area (Å²) in [7, 11) is 0. The predicted octanol–water partition coefficient (Wildman–Crippen LogP) is 3.75. The van der Waals surface area contributed by atoms with Gasteiger partial charge in [-0.1, -0.05) is 27.7 Å². The van der Waals surface area contributed by atoms with Crippen molar-refractivity contribution in [1.82, 2.24) is 16.0 Å². The van der Waals surface area contributed by atoms with E-state index in [1.54, 1.807) is 0 Å². The summed E-state index contributed by atoms with van der Waals surface area (Å²) < 4.78 is 5.37. The molecule has 0 aromatic rings. The number of guanidine groups is 1. The largest absolute Gasteiger partial charge is 0.444 e. The molecule has 0 aromatic carbocycles. The number of nitrogens with one attached hydrogen (secondary N) is 3. The standard InChI is InChI=1S/C21H44N4O3.HI/c1-9-22-19(23-13-17(10-11-26)12-15(2)3)24-14-18(16(4)5)25-20(27)28-21(6,7)8;/h15-18,26H,9-14H2,1-8H3,(H,25,27)(H2,22,23,24);1H. The van der Waals surface area contributed by atoms with Gasteiger partial charge in [-0.25, -0.2) is 4.79 Å². The molecule has 4 N–H and O–H groups in total. The van der Waals surface area contributed by atoms with E-state index >= 15 is 0 Å². The zero-order valence-electron chi connectivity index (χ0n) is 19.7. The predicted molar refractivity (Wildman–Crippen MR) is 132 cm³/mol. The van der Waals surface area contributed by atoms with Crippen molar-refractivity contribution >= 4 is 36.0 Å². The molecule has 7 nitrogen and oxygen atoms in total. The van der Waals surface area contributed by atoms with Crippen LogP contribution in [0.1, 0.15) is 68.2 Å². The smallest absolute Gasteiger partial charge is 0.407 e. The van der Waals surface area contributed by atoms with E-state index in [2.05, 4.69) is 43.6 Å². The Morgan fingerprint density at radius 3 is 2.21 bits per heavy atom. The minimum absolute atomic E-state index is 0. The number of aliphatic hydroxyl groups is 1. The highest BCUT2D eigenvalue weighted by molar-refractivity contribution is 14.0. The minimum atomic E-state index is -0.520. The Hall–Kier alpha value is -0.770. The number of alkyl carbamates (subject to hydrolysis) is 1. The highest BCUT2D eigenvalue weighted by atomic mass is 127. The lowest BCUT2D eigenvalue weighted by Gasteiger charge is -2.26. The van der Waals surface area contributed by atoms with Crippen LogP contribution in [0.25, 0.3) is 0 Å². The number of ether oxygens (including phenoxy) is 1. The Labute approximate surface area is 195 Å². The van der Waals surface area contributed by atoms with E-state index in [4.69, 9.17) is 9.73 Å². The molecule has 0 bridgehead atoms. The summed E-state index contributed by atoms with van der Waals surface area (Å²) in [5, 5.41) is 18.8. The first-order valence-electron chi connectivity index (χ1n) is 10.6. The molecule has 0 heterocycles. The Balaban J connectivity index is 0. The number of rotatable bonds is 11. The van der Waals surface area contributed by atoms with Crippen LogP contribution in [0.5, 0.6) is 0 Å². The fraction of sp³-hybridized carbons (Fsp3) is 0.905. The first kappa shape index (κ1) is 30.4. The van der Waals surface area contributed by atoms with E-state index in [-0.39, 0.29) is 42.5 Å². The topological polar surface area (TPSA) is 95.0 Å². The van der Waals surface area contributed by atoms with Crippen LogP contribution in [0.4, 0.5) is 4.79 Å². The first-order chi connectivity index (χ1) is 13.0. The van der Waals surface area contributed by atoms with Gasteiger partial charge in [-0.3, -0.25) is 4.99 Å². The molecule has 0 aliphatic heterocycles. The molecule has 8 heteroatoms. The SMILES string of the molecule is CCNC(=NCC(CCO)CC(C)C)NCC(NC(=O)OC(C)(C)C)C(C)C.I. The molecule has 0 radical (unpaired) electrons. The van der Waals surface area contributed by atoms with Crippen molar-refractivity contribution in [3.05, 3.63) is 0 Å². The second-order valence-electron chi connectivity index (χ2n) is 9.11. The summed E-state index contributed by atoms with van der Waals surface area (Å²) in [6, 6.07) is -0.0809. The van der Waals surface area contributed by atoms with E-state index in [0.717, 1.165) is 25.3 Å². The molecule has 174 valence electrons. The molecule has 0 aromatic heterocycles. The number of nitrogens with zero attached hydrogens (tertiary/aromatic N) is 1. The van der Waals surface area contributed by atoms with Gasteiger partial charge in [-0.05, 0) is 58.3 Å². The Kier molecular flexibility index (Phi) is 16.8. The number of aliphatic imine (C=N–C) groups is 1. The molecule has 1 amide bonds. The second-order valence-corrected chi connectivity index (χ2v) is 9.11. The van der Waals surface area contributed by atoms with Crippen LogP contribution in [0.15, 0.2) is 4.99 Å². The normalized spacial score (nSPS) is 14.2. The number of carbonyl (C=O) groups excluding carboxylic acids is 1. The van der Waals surface area contributed by atoms with Crippen LogP contribution in [-0.4, -0.2) is 55.0 Å². The van der Waals surface area contributed by atoms with E-state index < -0.39 is 11.7 Å². The highest BCUT2D eigenvalue weighted by Gasteiger charge is 2.21. The maximum absolute atomic E-state index is 12.1. The van der Waals surface area contributed by atoms with Crippen molar-refractivity contribution < 1.29 is 14.6 Å². The van der Waals surface area contributed by atoms with Crippen molar-refractivity contribution in [1.29, 1.82) is 0 Å². The summed E-state index contributed by atoms with van der Waals surface area (Å²) in [4.78, 5) is 16.8. The summed E-state index contributed by atoms with van der Waals surface area (Å²) in [6.07, 6.45) is 1.39. The Morgan fingerprint density at radius 1 is 1.14 bits per heavy atom. The van der Waals surface area contributed by atoms with Gasteiger partial charge in [0, 0.05) is 26.2 Å². The van der Waals surface area contributed by atoms with E-state index in [0.29, 0.717) is 24.9 Å². The zero-order valence-corrected chi connectivity index (χ0v) is 22.0. The molecule has 0 saturated heterocycles. The number of halogens is 1. The molecule has 0 fully saturated rings. The Morgan fingerprint density at radius 2 is 1.76 bits per heavy atom. The fourth-order valence-electron chi connectivity index (χ4n) is 2.81. The molecule has 0 spiro atoms. The maximum atomic E-state index is 12.1. The van der Waals surface area contributed by atoms with Crippen molar-refractivity contribution in [3.8, 4) is 0 Å². The van der Waals surface area contributed by atoms with Gasteiger partial charge in [-0.2, -0.15) is 0 Å². The maximum Gasteiger partial charge on any atom is 0.407 e. The van der Waals surface area contributed by atoms with Gasteiger partial charge in [0.05, 0.1) is 6.04 Å². The van der Waals surface area contributed by atoms with Crippen molar-refractivity contribution in [2.45, 2.75) is 79.9 Å². The van der Waals surface area contributed by atoms with Gasteiger partial charge in [0.1, 0.15) is 5.60 Å². The van der Waals surface area contributed by atoms with Crippen LogP contribution in [0.2, 0.25) is 0 Å². The molecule has 29 heavy (non-hydrogen) atoms. The van der Waals surface area contributed by atoms with Gasteiger partial charge < -0.3 is 25.8 Å². The van der Waals surface area contributed by atoms with E-state index in [9.17, 15) is 9.90 Å². The molecule has 0 aliphatic carbocycles. The average molecular weight is 529 g/mol. The number of amides is 1. The van der Waals surface area contributed by atoms with Crippen molar-refractivity contribution in [2.24, 2.45) is 22.7 Å². The van der Waals surface area contributed by atoms with Gasteiger partial charge in [0.25, 0.3) is 0 Å². The number of carbonyl (C=O) groups is 1. The zero-order chi connectivity index (χ0) is 21.7. The minimum Gasteiger partial charge on any atom is -0.444 e. The summed E-state index contributed by atoms with van der Waals surface area (Å²) in [5.74, 6) is 1.91. The van der Waals surface area contributed by atoms with Crippen LogP contribution < -0.4 is 16.0 Å². The molecule has 2 unspecified atom stereocenters. The molecule has 0 rings (SSSR count). The fourth-order valence-corrected chi connectivity index (χ4v) is 2.81. The number of hydrogen-bond donors (Lipinski definition) is 4. The lowest BCUT2D eigenvalue weighted by Crippen LogP contribution is -2.50. The Bertz CT molecular complexity index is 465. The van der Waals surface area contributed by atoms with Crippen LogP contribution in [0.3, 0.4) is 0 Å². The quantitative estimate of drug-likeness (QED) is 0.186. The lowest BCUT2D eigenvalue weighted by atomic mass is 9.94. The van der Waals surface area contributed by atoms with Crippen LogP contribution in [-0.2, 0) is 4.74 Å². The second kappa shape index (κ2) is 16.0. The summed E-state index contributed by atoms with van der Waals surface area (Å²) >= 11 is 0. The number of hydrogen-bond acceptors (Lipinski definition) is 4. The first-order valence-corrected chi connectivity index (χ1v) is 10.6. The molecular formula is C21H45IN4O3. The highest BCUT2D eigenvalue weighted by Crippen LogP contribution is 2.15. The molecule has 2 atom stereocenters. The van der Waals surface area contributed by atoms with E-state index in [1.165, 1.54) is 0 Å². The van der Waals surface area contributed by atoms with Crippen LogP contribution in [0, 0.1) is 17.8 Å².